The van der Waals surface area contributed by atoms with Crippen LogP contribution in [0, 0.1) is 0 Å². The van der Waals surface area contributed by atoms with Crippen molar-refractivity contribution < 1.29 is 13.2 Å². The van der Waals surface area contributed by atoms with Gasteiger partial charge in [0.15, 0.2) is 0 Å². The van der Waals surface area contributed by atoms with Gasteiger partial charge in [0.2, 0.25) is 15.9 Å². The highest BCUT2D eigenvalue weighted by Gasteiger charge is 2.28. The summed E-state index contributed by atoms with van der Waals surface area (Å²) in [7, 11) is -3.34. The van der Waals surface area contributed by atoms with Gasteiger partial charge < -0.3 is 5.32 Å². The Morgan fingerprint density at radius 2 is 2.27 bits per heavy atom. The second-order valence-corrected chi connectivity index (χ2v) is 6.17. The van der Waals surface area contributed by atoms with Crippen LogP contribution in [0.5, 0.6) is 0 Å². The molecule has 1 aliphatic heterocycles. The molecule has 0 bridgehead atoms. The maximum absolute atomic E-state index is 11.5. The predicted molar refractivity (Wildman–Crippen MR) is 58.1 cm³/mol. The Morgan fingerprint density at radius 1 is 1.60 bits per heavy atom. The standard InChI is InChI=1S/C8H15ClN2O3S/c1-7(12)10-8-3-2-4-11(5-8)15(13,14)6-9/h8H,2-6H2,1H3,(H,10,12). The van der Waals surface area contributed by atoms with Crippen LogP contribution in [0.15, 0.2) is 0 Å². The van der Waals surface area contributed by atoms with Crippen LogP contribution in [0.25, 0.3) is 0 Å². The Balaban J connectivity index is 2.60. The highest BCUT2D eigenvalue weighted by atomic mass is 35.5. The van der Waals surface area contributed by atoms with Crippen molar-refractivity contribution in [2.24, 2.45) is 0 Å². The van der Waals surface area contributed by atoms with Crippen molar-refractivity contribution in [1.82, 2.24) is 9.62 Å². The summed E-state index contributed by atoms with van der Waals surface area (Å²) in [6.07, 6.45) is 1.56. The minimum Gasteiger partial charge on any atom is -0.352 e. The van der Waals surface area contributed by atoms with Gasteiger partial charge in [-0.15, -0.1) is 11.6 Å². The van der Waals surface area contributed by atoms with Crippen molar-refractivity contribution in [2.75, 3.05) is 18.3 Å². The third-order valence-corrected chi connectivity index (χ3v) is 4.54. The fourth-order valence-electron chi connectivity index (χ4n) is 1.67. The number of nitrogens with zero attached hydrogens (tertiary/aromatic N) is 1. The normalized spacial score (nSPS) is 23.7. The van der Waals surface area contributed by atoms with Crippen LogP contribution >= 0.6 is 11.6 Å². The molecule has 1 saturated heterocycles. The monoisotopic (exact) mass is 254 g/mol. The van der Waals surface area contributed by atoms with E-state index < -0.39 is 15.2 Å². The number of nitrogens with one attached hydrogen (secondary N) is 1. The fourth-order valence-corrected chi connectivity index (χ4v) is 3.04. The van der Waals surface area contributed by atoms with E-state index in [9.17, 15) is 13.2 Å². The average Bonchev–Trinajstić information content (AvgIpc) is 2.17. The quantitative estimate of drug-likeness (QED) is 0.727. The molecule has 1 heterocycles. The van der Waals surface area contributed by atoms with E-state index in [0.29, 0.717) is 13.1 Å². The molecule has 15 heavy (non-hydrogen) atoms. The van der Waals surface area contributed by atoms with Gasteiger partial charge in [0.25, 0.3) is 0 Å². The Hall–Kier alpha value is -0.330. The Bertz CT molecular complexity index is 331. The molecule has 1 N–H and O–H groups in total. The van der Waals surface area contributed by atoms with Crippen molar-refractivity contribution in [3.63, 3.8) is 0 Å². The Kier molecular flexibility index (Phi) is 4.36. The van der Waals surface area contributed by atoms with Crippen molar-refractivity contribution in [3.05, 3.63) is 0 Å². The number of hydrogen-bond acceptors (Lipinski definition) is 3. The minimum atomic E-state index is -3.34. The molecule has 1 unspecified atom stereocenters. The van der Waals surface area contributed by atoms with Gasteiger partial charge in [0, 0.05) is 26.1 Å². The van der Waals surface area contributed by atoms with Gasteiger partial charge in [-0.1, -0.05) is 0 Å². The molecule has 88 valence electrons. The number of amides is 1. The summed E-state index contributed by atoms with van der Waals surface area (Å²) in [6, 6.07) is -0.0887. The first-order valence-corrected chi connectivity index (χ1v) is 6.91. The lowest BCUT2D eigenvalue weighted by Crippen LogP contribution is -2.49. The molecule has 1 fully saturated rings. The van der Waals surface area contributed by atoms with Crippen LogP contribution in [0.4, 0.5) is 0 Å². The summed E-state index contributed by atoms with van der Waals surface area (Å²) in [5, 5.41) is 2.32. The van der Waals surface area contributed by atoms with E-state index in [2.05, 4.69) is 5.32 Å². The zero-order valence-corrected chi connectivity index (χ0v) is 10.1. The van der Waals surface area contributed by atoms with Crippen LogP contribution in [0.1, 0.15) is 19.8 Å². The molecule has 0 aromatic rings. The molecule has 7 heteroatoms. The number of piperidine rings is 1. The van der Waals surface area contributed by atoms with Crippen LogP contribution in [0.3, 0.4) is 0 Å². The molecule has 5 nitrogen and oxygen atoms in total. The second kappa shape index (κ2) is 5.14. The molecule has 1 rings (SSSR count). The van der Waals surface area contributed by atoms with Crippen LogP contribution in [-0.4, -0.2) is 43.0 Å². The van der Waals surface area contributed by atoms with Crippen LogP contribution < -0.4 is 5.32 Å². The van der Waals surface area contributed by atoms with Crippen molar-refractivity contribution >= 4 is 27.5 Å². The van der Waals surface area contributed by atoms with Crippen LogP contribution in [0.2, 0.25) is 0 Å². The first-order chi connectivity index (χ1) is 6.95. The van der Waals surface area contributed by atoms with Crippen molar-refractivity contribution in [1.29, 1.82) is 0 Å². The Labute approximate surface area is 94.8 Å². The first kappa shape index (κ1) is 12.7. The van der Waals surface area contributed by atoms with E-state index >= 15 is 0 Å². The topological polar surface area (TPSA) is 66.5 Å². The molecule has 1 atom stereocenters. The molecule has 1 amide bonds. The van der Waals surface area contributed by atoms with E-state index in [1.54, 1.807) is 0 Å². The molecule has 0 saturated carbocycles. The zero-order chi connectivity index (χ0) is 11.5. The van der Waals surface area contributed by atoms with Crippen molar-refractivity contribution in [3.8, 4) is 0 Å². The SMILES string of the molecule is CC(=O)NC1CCCN(S(=O)(=O)CCl)C1. The molecule has 1 aliphatic rings. The second-order valence-electron chi connectivity index (χ2n) is 3.62. The Morgan fingerprint density at radius 3 is 2.80 bits per heavy atom. The molecule has 0 radical (unpaired) electrons. The van der Waals surface area contributed by atoms with Gasteiger partial charge >= 0.3 is 0 Å². The van der Waals surface area contributed by atoms with Gasteiger partial charge in [-0.2, -0.15) is 4.31 Å². The fraction of sp³-hybridized carbons (Fsp3) is 0.875. The molecule has 0 spiro atoms. The molecule has 0 aromatic carbocycles. The molecular formula is C8H15ClN2O3S. The van der Waals surface area contributed by atoms with Crippen molar-refractivity contribution in [2.45, 2.75) is 25.8 Å². The first-order valence-electron chi connectivity index (χ1n) is 4.76. The van der Waals surface area contributed by atoms with Gasteiger partial charge in [-0.3, -0.25) is 4.79 Å². The largest absolute Gasteiger partial charge is 0.352 e. The highest BCUT2D eigenvalue weighted by Crippen LogP contribution is 2.14. The number of rotatable bonds is 3. The third kappa shape index (κ3) is 3.62. The smallest absolute Gasteiger partial charge is 0.228 e. The molecule has 0 aromatic heterocycles. The van der Waals surface area contributed by atoms with E-state index in [1.165, 1.54) is 11.2 Å². The number of sulfonamides is 1. The average molecular weight is 255 g/mol. The van der Waals surface area contributed by atoms with Gasteiger partial charge in [-0.25, -0.2) is 8.42 Å². The molecule has 0 aliphatic carbocycles. The number of carbonyl (C=O) groups is 1. The lowest BCUT2D eigenvalue weighted by atomic mass is 10.1. The maximum Gasteiger partial charge on any atom is 0.228 e. The summed E-state index contributed by atoms with van der Waals surface area (Å²) in [6.45, 7) is 2.24. The van der Waals surface area contributed by atoms with E-state index in [0.717, 1.165) is 12.8 Å². The van der Waals surface area contributed by atoms with Gasteiger partial charge in [0.05, 0.1) is 0 Å². The third-order valence-electron chi connectivity index (χ3n) is 2.32. The zero-order valence-electron chi connectivity index (χ0n) is 8.57. The number of alkyl halides is 1. The van der Waals surface area contributed by atoms with E-state index in [-0.39, 0.29) is 11.9 Å². The summed E-state index contributed by atoms with van der Waals surface area (Å²) in [4.78, 5) is 10.8. The number of carbonyl (C=O) groups excluding carboxylic acids is 1. The predicted octanol–water partition coefficient (Wildman–Crippen LogP) is 0.113. The van der Waals surface area contributed by atoms with E-state index in [1.807, 2.05) is 0 Å². The number of halogens is 1. The lowest BCUT2D eigenvalue weighted by Gasteiger charge is -2.31. The summed E-state index contributed by atoms with van der Waals surface area (Å²) in [5.41, 5.74) is 0. The summed E-state index contributed by atoms with van der Waals surface area (Å²) >= 11 is 5.36. The van der Waals surface area contributed by atoms with Gasteiger partial charge in [-0.05, 0) is 12.8 Å². The minimum absolute atomic E-state index is 0.0887. The lowest BCUT2D eigenvalue weighted by molar-refractivity contribution is -0.119. The van der Waals surface area contributed by atoms with E-state index in [4.69, 9.17) is 11.6 Å². The maximum atomic E-state index is 11.5. The van der Waals surface area contributed by atoms with Gasteiger partial charge in [0.1, 0.15) is 5.21 Å². The highest BCUT2D eigenvalue weighted by molar-refractivity contribution is 7.90. The number of hydrogen-bond donors (Lipinski definition) is 1. The summed E-state index contributed by atoms with van der Waals surface area (Å²) < 4.78 is 24.3. The summed E-state index contributed by atoms with van der Waals surface area (Å²) in [5.74, 6) is -0.134. The molecular weight excluding hydrogens is 240 g/mol. The van der Waals surface area contributed by atoms with Crippen LogP contribution in [-0.2, 0) is 14.8 Å².